The summed E-state index contributed by atoms with van der Waals surface area (Å²) < 4.78 is 7.57. The molecule has 1 amide bonds. The SMILES string of the molecule is O=C(Nc1cnn(Cc2ccccc2)c1)c1ccccc1OCc1cscn1. The lowest BCUT2D eigenvalue weighted by Crippen LogP contribution is -2.13. The van der Waals surface area contributed by atoms with Crippen molar-refractivity contribution in [2.45, 2.75) is 13.2 Å². The van der Waals surface area contributed by atoms with Crippen molar-refractivity contribution in [3.63, 3.8) is 0 Å². The van der Waals surface area contributed by atoms with Gasteiger partial charge in [-0.05, 0) is 17.7 Å². The number of aromatic nitrogens is 3. The van der Waals surface area contributed by atoms with E-state index in [9.17, 15) is 4.79 Å². The fourth-order valence-electron chi connectivity index (χ4n) is 2.72. The lowest BCUT2D eigenvalue weighted by Gasteiger charge is -2.10. The highest BCUT2D eigenvalue weighted by molar-refractivity contribution is 7.07. The number of carbonyl (C=O) groups excluding carboxylic acids is 1. The van der Waals surface area contributed by atoms with Gasteiger partial charge in [-0.25, -0.2) is 4.98 Å². The van der Waals surface area contributed by atoms with Crippen molar-refractivity contribution in [1.29, 1.82) is 0 Å². The number of para-hydroxylation sites is 1. The Morgan fingerprint density at radius 3 is 2.75 bits per heavy atom. The Bertz CT molecular complexity index is 1050. The third-order valence-corrected chi connectivity index (χ3v) is 4.70. The highest BCUT2D eigenvalue weighted by Gasteiger charge is 2.14. The fraction of sp³-hybridized carbons (Fsp3) is 0.0952. The van der Waals surface area contributed by atoms with Crippen LogP contribution in [0.5, 0.6) is 5.75 Å². The zero-order chi connectivity index (χ0) is 19.2. The molecule has 0 radical (unpaired) electrons. The van der Waals surface area contributed by atoms with Crippen molar-refractivity contribution < 1.29 is 9.53 Å². The third kappa shape index (κ3) is 4.44. The van der Waals surface area contributed by atoms with Crippen molar-refractivity contribution in [2.75, 3.05) is 5.32 Å². The Morgan fingerprint density at radius 1 is 1.11 bits per heavy atom. The lowest BCUT2D eigenvalue weighted by atomic mass is 10.2. The molecule has 4 rings (SSSR count). The number of benzene rings is 2. The Hall–Kier alpha value is -3.45. The van der Waals surface area contributed by atoms with Crippen LogP contribution in [0, 0.1) is 0 Å². The number of carbonyl (C=O) groups is 1. The number of nitrogens with one attached hydrogen (secondary N) is 1. The van der Waals surface area contributed by atoms with E-state index in [4.69, 9.17) is 4.74 Å². The van der Waals surface area contributed by atoms with E-state index in [2.05, 4.69) is 15.4 Å². The van der Waals surface area contributed by atoms with Gasteiger partial charge in [0.05, 0.1) is 35.2 Å². The third-order valence-electron chi connectivity index (χ3n) is 4.07. The standard InChI is InChI=1S/C21H18N4O2S/c26-21(19-8-4-5-9-20(19)27-13-18-14-28-15-22-18)24-17-10-23-25(12-17)11-16-6-2-1-3-7-16/h1-10,12,14-15H,11,13H2,(H,24,26). The van der Waals surface area contributed by atoms with Crippen LogP contribution in [0.3, 0.4) is 0 Å². The summed E-state index contributed by atoms with van der Waals surface area (Å²) in [4.78, 5) is 16.9. The molecule has 2 heterocycles. The van der Waals surface area contributed by atoms with Crippen molar-refractivity contribution >= 4 is 22.9 Å². The molecule has 7 heteroatoms. The molecule has 28 heavy (non-hydrogen) atoms. The normalized spacial score (nSPS) is 10.6. The van der Waals surface area contributed by atoms with Crippen molar-refractivity contribution in [3.8, 4) is 5.75 Å². The smallest absolute Gasteiger partial charge is 0.259 e. The molecule has 0 bridgehead atoms. The number of hydrogen-bond acceptors (Lipinski definition) is 5. The number of amides is 1. The van der Waals surface area contributed by atoms with Gasteiger partial charge in [0.25, 0.3) is 5.91 Å². The van der Waals surface area contributed by atoms with Gasteiger partial charge in [0.15, 0.2) is 0 Å². The molecule has 0 aliphatic heterocycles. The number of nitrogens with zero attached hydrogens (tertiary/aromatic N) is 3. The van der Waals surface area contributed by atoms with Crippen LogP contribution in [-0.2, 0) is 13.2 Å². The highest BCUT2D eigenvalue weighted by atomic mass is 32.1. The summed E-state index contributed by atoms with van der Waals surface area (Å²) in [7, 11) is 0. The Kier molecular flexibility index (Phi) is 5.44. The van der Waals surface area contributed by atoms with Gasteiger partial charge in [0.1, 0.15) is 12.4 Å². The number of rotatable bonds is 7. The maximum absolute atomic E-state index is 12.7. The topological polar surface area (TPSA) is 69.0 Å². The van der Waals surface area contributed by atoms with Crippen molar-refractivity contribution in [3.05, 3.63) is 94.7 Å². The summed E-state index contributed by atoms with van der Waals surface area (Å²) >= 11 is 1.51. The summed E-state index contributed by atoms with van der Waals surface area (Å²) in [6.07, 6.45) is 3.45. The molecule has 2 aromatic heterocycles. The average Bonchev–Trinajstić information content (AvgIpc) is 3.39. The lowest BCUT2D eigenvalue weighted by molar-refractivity contribution is 0.102. The van der Waals surface area contributed by atoms with Gasteiger partial charge in [-0.1, -0.05) is 42.5 Å². The van der Waals surface area contributed by atoms with E-state index in [-0.39, 0.29) is 5.91 Å². The quantitative estimate of drug-likeness (QED) is 0.513. The first kappa shape index (κ1) is 17.9. The van der Waals surface area contributed by atoms with Gasteiger partial charge >= 0.3 is 0 Å². The van der Waals surface area contributed by atoms with E-state index in [1.807, 2.05) is 54.0 Å². The fourth-order valence-corrected chi connectivity index (χ4v) is 3.27. The van der Waals surface area contributed by atoms with Crippen LogP contribution >= 0.6 is 11.3 Å². The number of ether oxygens (including phenoxy) is 1. The maximum atomic E-state index is 12.7. The van der Waals surface area contributed by atoms with Crippen molar-refractivity contribution in [2.24, 2.45) is 0 Å². The number of anilines is 1. The second-order valence-electron chi connectivity index (χ2n) is 6.13. The molecule has 0 unspecified atom stereocenters. The van der Waals surface area contributed by atoms with E-state index in [0.717, 1.165) is 11.3 Å². The van der Waals surface area contributed by atoms with Crippen LogP contribution in [0.15, 0.2) is 77.9 Å². The van der Waals surface area contributed by atoms with Crippen LogP contribution in [-0.4, -0.2) is 20.7 Å². The van der Waals surface area contributed by atoms with E-state index >= 15 is 0 Å². The molecule has 0 fully saturated rings. The molecular formula is C21H18N4O2S. The first-order chi connectivity index (χ1) is 13.8. The van der Waals surface area contributed by atoms with E-state index < -0.39 is 0 Å². The zero-order valence-electron chi connectivity index (χ0n) is 15.0. The molecule has 1 N–H and O–H groups in total. The van der Waals surface area contributed by atoms with E-state index in [1.54, 1.807) is 28.5 Å². The minimum Gasteiger partial charge on any atom is -0.486 e. The van der Waals surface area contributed by atoms with Gasteiger partial charge in [-0.3, -0.25) is 9.48 Å². The summed E-state index contributed by atoms with van der Waals surface area (Å²) in [6.45, 7) is 0.965. The van der Waals surface area contributed by atoms with Crippen LogP contribution in [0.4, 0.5) is 5.69 Å². The Balaban J connectivity index is 1.42. The summed E-state index contributed by atoms with van der Waals surface area (Å²) in [5.74, 6) is 0.276. The molecule has 0 spiro atoms. The van der Waals surface area contributed by atoms with Crippen molar-refractivity contribution in [1.82, 2.24) is 14.8 Å². The zero-order valence-corrected chi connectivity index (χ0v) is 15.8. The van der Waals surface area contributed by atoms with Crippen LogP contribution in [0.1, 0.15) is 21.6 Å². The molecule has 6 nitrogen and oxygen atoms in total. The van der Waals surface area contributed by atoms with Gasteiger partial charge in [-0.2, -0.15) is 5.10 Å². The Morgan fingerprint density at radius 2 is 1.93 bits per heavy atom. The average molecular weight is 390 g/mol. The molecular weight excluding hydrogens is 372 g/mol. The number of thiazole rings is 1. The van der Waals surface area contributed by atoms with Gasteiger partial charge in [0, 0.05) is 11.6 Å². The molecule has 0 atom stereocenters. The largest absolute Gasteiger partial charge is 0.486 e. The first-order valence-corrected chi connectivity index (χ1v) is 9.69. The second-order valence-corrected chi connectivity index (χ2v) is 6.85. The Labute approximate surface area is 166 Å². The first-order valence-electron chi connectivity index (χ1n) is 8.74. The summed E-state index contributed by atoms with van der Waals surface area (Å²) in [5.41, 5.74) is 4.83. The van der Waals surface area contributed by atoms with Gasteiger partial charge < -0.3 is 10.1 Å². The minimum atomic E-state index is -0.242. The molecule has 2 aromatic carbocycles. The van der Waals surface area contributed by atoms with Crippen LogP contribution in [0.25, 0.3) is 0 Å². The van der Waals surface area contributed by atoms with Crippen LogP contribution in [0.2, 0.25) is 0 Å². The van der Waals surface area contributed by atoms with Gasteiger partial charge in [-0.15, -0.1) is 11.3 Å². The second kappa shape index (κ2) is 8.49. The molecule has 140 valence electrons. The monoisotopic (exact) mass is 390 g/mol. The highest BCUT2D eigenvalue weighted by Crippen LogP contribution is 2.21. The molecule has 0 aliphatic rings. The molecule has 0 aliphatic carbocycles. The molecule has 0 saturated heterocycles. The van der Waals surface area contributed by atoms with E-state index in [1.165, 1.54) is 11.3 Å². The predicted molar refractivity (Wildman–Crippen MR) is 109 cm³/mol. The van der Waals surface area contributed by atoms with Gasteiger partial charge in [0.2, 0.25) is 0 Å². The summed E-state index contributed by atoms with van der Waals surface area (Å²) in [5, 5.41) is 9.12. The predicted octanol–water partition coefficient (Wildman–Crippen LogP) is 4.22. The summed E-state index contributed by atoms with van der Waals surface area (Å²) in [6, 6.07) is 17.2. The van der Waals surface area contributed by atoms with Crippen LogP contribution < -0.4 is 10.1 Å². The molecule has 0 saturated carbocycles. The minimum absolute atomic E-state index is 0.242. The maximum Gasteiger partial charge on any atom is 0.259 e. The molecule has 4 aromatic rings. The van der Waals surface area contributed by atoms with E-state index in [0.29, 0.717) is 30.2 Å². The number of hydrogen-bond donors (Lipinski definition) is 1.